The number of nitrogens with one attached hydrogen (secondary N) is 1. The molecule has 2 N–H and O–H groups in total. The van der Waals surface area contributed by atoms with Crippen LogP contribution in [-0.4, -0.2) is 68.8 Å². The highest BCUT2D eigenvalue weighted by Gasteiger charge is 2.13. The standard InChI is InChI=1S/C10H20N2O6S/c1-3-12(19(2,16)17)6-4-5-11-9(13)7-18-8-10(14)15/h3-8H2,1-2H3,(H,11,13)(H,14,15). The maximum atomic E-state index is 11.3. The Morgan fingerprint density at radius 2 is 1.95 bits per heavy atom. The van der Waals surface area contributed by atoms with Gasteiger partial charge in [0.05, 0.1) is 6.26 Å². The third kappa shape index (κ3) is 9.40. The summed E-state index contributed by atoms with van der Waals surface area (Å²) in [6.45, 7) is 1.90. The van der Waals surface area contributed by atoms with E-state index in [-0.39, 0.29) is 6.61 Å². The number of hydrogen-bond donors (Lipinski definition) is 2. The van der Waals surface area contributed by atoms with E-state index in [9.17, 15) is 18.0 Å². The Bertz CT molecular complexity index is 395. The topological polar surface area (TPSA) is 113 Å². The highest BCUT2D eigenvalue weighted by Crippen LogP contribution is 1.98. The molecule has 0 rings (SSSR count). The molecule has 0 aromatic heterocycles. The Hall–Kier alpha value is -1.19. The number of aliphatic carboxylic acids is 1. The van der Waals surface area contributed by atoms with E-state index in [0.29, 0.717) is 26.1 Å². The van der Waals surface area contributed by atoms with E-state index in [2.05, 4.69) is 10.1 Å². The average molecular weight is 296 g/mol. The van der Waals surface area contributed by atoms with Crippen molar-refractivity contribution in [1.29, 1.82) is 0 Å². The first-order valence-corrected chi connectivity index (χ1v) is 7.63. The van der Waals surface area contributed by atoms with Gasteiger partial charge in [-0.2, -0.15) is 0 Å². The van der Waals surface area contributed by atoms with Gasteiger partial charge in [-0.25, -0.2) is 17.5 Å². The second-order valence-electron chi connectivity index (χ2n) is 3.84. The first-order valence-electron chi connectivity index (χ1n) is 5.78. The Balaban J connectivity index is 3.74. The van der Waals surface area contributed by atoms with Crippen LogP contribution < -0.4 is 5.32 Å². The van der Waals surface area contributed by atoms with Crippen molar-refractivity contribution in [2.75, 3.05) is 39.1 Å². The summed E-state index contributed by atoms with van der Waals surface area (Å²) in [5.41, 5.74) is 0. The van der Waals surface area contributed by atoms with E-state index < -0.39 is 28.5 Å². The lowest BCUT2D eigenvalue weighted by molar-refractivity contribution is -0.143. The number of rotatable bonds is 10. The zero-order valence-corrected chi connectivity index (χ0v) is 11.9. The van der Waals surface area contributed by atoms with Crippen LogP contribution in [0, 0.1) is 0 Å². The largest absolute Gasteiger partial charge is 0.480 e. The SMILES string of the molecule is CCN(CCCNC(=O)COCC(=O)O)S(C)(=O)=O. The molecule has 9 heteroatoms. The second kappa shape index (κ2) is 8.83. The van der Waals surface area contributed by atoms with E-state index >= 15 is 0 Å². The fourth-order valence-corrected chi connectivity index (χ4v) is 2.25. The first kappa shape index (κ1) is 17.8. The van der Waals surface area contributed by atoms with E-state index in [1.165, 1.54) is 4.31 Å². The highest BCUT2D eigenvalue weighted by atomic mass is 32.2. The van der Waals surface area contributed by atoms with Gasteiger partial charge < -0.3 is 15.2 Å². The molecule has 0 atom stereocenters. The van der Waals surface area contributed by atoms with Crippen LogP contribution in [0.1, 0.15) is 13.3 Å². The summed E-state index contributed by atoms with van der Waals surface area (Å²) in [4.78, 5) is 21.3. The van der Waals surface area contributed by atoms with Gasteiger partial charge in [-0.15, -0.1) is 0 Å². The van der Waals surface area contributed by atoms with Crippen molar-refractivity contribution < 1.29 is 27.9 Å². The minimum Gasteiger partial charge on any atom is -0.480 e. The number of nitrogens with zero attached hydrogens (tertiary/aromatic N) is 1. The molecule has 1 amide bonds. The summed E-state index contributed by atoms with van der Waals surface area (Å²) in [5.74, 6) is -1.57. The number of carbonyl (C=O) groups excluding carboxylic acids is 1. The van der Waals surface area contributed by atoms with Crippen molar-refractivity contribution in [2.24, 2.45) is 0 Å². The van der Waals surface area contributed by atoms with Crippen molar-refractivity contribution in [3.8, 4) is 0 Å². The Morgan fingerprint density at radius 3 is 2.42 bits per heavy atom. The van der Waals surface area contributed by atoms with Crippen LogP contribution in [0.25, 0.3) is 0 Å². The van der Waals surface area contributed by atoms with Gasteiger partial charge >= 0.3 is 5.97 Å². The first-order chi connectivity index (χ1) is 8.77. The lowest BCUT2D eigenvalue weighted by Crippen LogP contribution is -2.34. The molecule has 0 bridgehead atoms. The Kier molecular flexibility index (Phi) is 8.28. The fourth-order valence-electron chi connectivity index (χ4n) is 1.32. The van der Waals surface area contributed by atoms with Crippen molar-refractivity contribution in [3.05, 3.63) is 0 Å². The van der Waals surface area contributed by atoms with Gasteiger partial charge in [0.25, 0.3) is 0 Å². The number of amides is 1. The summed E-state index contributed by atoms with van der Waals surface area (Å²) >= 11 is 0. The van der Waals surface area contributed by atoms with Gasteiger partial charge in [0.1, 0.15) is 13.2 Å². The van der Waals surface area contributed by atoms with Crippen LogP contribution in [0.15, 0.2) is 0 Å². The number of hydrogen-bond acceptors (Lipinski definition) is 5. The van der Waals surface area contributed by atoms with Crippen LogP contribution in [0.3, 0.4) is 0 Å². The van der Waals surface area contributed by atoms with E-state index in [1.807, 2.05) is 0 Å². The predicted molar refractivity (Wildman–Crippen MR) is 68.2 cm³/mol. The van der Waals surface area contributed by atoms with Gasteiger partial charge in [-0.1, -0.05) is 6.92 Å². The quantitative estimate of drug-likeness (QED) is 0.493. The maximum absolute atomic E-state index is 11.3. The molecule has 0 aromatic carbocycles. The molecule has 0 saturated heterocycles. The summed E-state index contributed by atoms with van der Waals surface area (Å²) in [7, 11) is -3.21. The fraction of sp³-hybridized carbons (Fsp3) is 0.800. The molecule has 0 unspecified atom stereocenters. The summed E-state index contributed by atoms with van der Waals surface area (Å²) in [5, 5.41) is 10.8. The molecule has 8 nitrogen and oxygen atoms in total. The van der Waals surface area contributed by atoms with Crippen molar-refractivity contribution >= 4 is 21.9 Å². The minimum atomic E-state index is -3.21. The molecule has 0 spiro atoms. The second-order valence-corrected chi connectivity index (χ2v) is 5.83. The molecule has 0 aliphatic heterocycles. The molecule has 0 saturated carbocycles. The smallest absolute Gasteiger partial charge is 0.329 e. The molecule has 0 aromatic rings. The molecular weight excluding hydrogens is 276 g/mol. The van der Waals surface area contributed by atoms with Crippen LogP contribution in [0.4, 0.5) is 0 Å². The van der Waals surface area contributed by atoms with Crippen LogP contribution in [-0.2, 0) is 24.3 Å². The van der Waals surface area contributed by atoms with Gasteiger partial charge in [-0.3, -0.25) is 4.79 Å². The molecule has 19 heavy (non-hydrogen) atoms. The molecule has 112 valence electrons. The van der Waals surface area contributed by atoms with E-state index in [0.717, 1.165) is 6.26 Å². The van der Waals surface area contributed by atoms with Gasteiger partial charge in [0.15, 0.2) is 0 Å². The number of carbonyl (C=O) groups is 2. The van der Waals surface area contributed by atoms with Crippen LogP contribution >= 0.6 is 0 Å². The summed E-state index contributed by atoms with van der Waals surface area (Å²) in [6, 6.07) is 0. The van der Waals surface area contributed by atoms with Crippen molar-refractivity contribution in [2.45, 2.75) is 13.3 Å². The van der Waals surface area contributed by atoms with Gasteiger partial charge in [0, 0.05) is 19.6 Å². The normalized spacial score (nSPS) is 11.5. The summed E-state index contributed by atoms with van der Waals surface area (Å²) < 4.78 is 28.4. The molecular formula is C10H20N2O6S. The minimum absolute atomic E-state index is 0.307. The molecule has 0 radical (unpaired) electrons. The Morgan fingerprint density at radius 1 is 1.32 bits per heavy atom. The zero-order valence-electron chi connectivity index (χ0n) is 11.1. The van der Waals surface area contributed by atoms with Crippen molar-refractivity contribution in [1.82, 2.24) is 9.62 Å². The van der Waals surface area contributed by atoms with Crippen molar-refractivity contribution in [3.63, 3.8) is 0 Å². The van der Waals surface area contributed by atoms with E-state index in [4.69, 9.17) is 5.11 Å². The summed E-state index contributed by atoms with van der Waals surface area (Å²) in [6.07, 6.45) is 1.61. The third-order valence-electron chi connectivity index (χ3n) is 2.19. The Labute approximate surface area is 112 Å². The van der Waals surface area contributed by atoms with Crippen LogP contribution in [0.5, 0.6) is 0 Å². The third-order valence-corrected chi connectivity index (χ3v) is 3.57. The number of ether oxygens (including phenoxy) is 1. The molecule has 0 heterocycles. The zero-order chi connectivity index (χ0) is 14.9. The predicted octanol–water partition coefficient (Wildman–Crippen LogP) is -1.12. The maximum Gasteiger partial charge on any atom is 0.329 e. The average Bonchev–Trinajstić information content (AvgIpc) is 2.26. The number of carboxylic acid groups (broad SMARTS) is 1. The highest BCUT2D eigenvalue weighted by molar-refractivity contribution is 7.88. The van der Waals surface area contributed by atoms with Gasteiger partial charge in [-0.05, 0) is 6.42 Å². The lowest BCUT2D eigenvalue weighted by atomic mass is 10.4. The number of carboxylic acids is 1. The number of sulfonamides is 1. The van der Waals surface area contributed by atoms with Gasteiger partial charge in [0.2, 0.25) is 15.9 Å². The monoisotopic (exact) mass is 296 g/mol. The molecule has 0 aliphatic rings. The molecule has 0 aliphatic carbocycles. The van der Waals surface area contributed by atoms with E-state index in [1.54, 1.807) is 6.92 Å². The van der Waals surface area contributed by atoms with Crippen LogP contribution in [0.2, 0.25) is 0 Å². The lowest BCUT2D eigenvalue weighted by Gasteiger charge is -2.17. The molecule has 0 fully saturated rings.